The van der Waals surface area contributed by atoms with Gasteiger partial charge in [0.15, 0.2) is 0 Å². The minimum Gasteiger partial charge on any atom is -0.370 e. The highest BCUT2D eigenvalue weighted by atomic mass is 127. The van der Waals surface area contributed by atoms with Gasteiger partial charge in [-0.15, -0.1) is 24.0 Å². The zero-order valence-corrected chi connectivity index (χ0v) is 8.05. The molecule has 56 valence electrons. The Balaban J connectivity index is 0. The van der Waals surface area contributed by atoms with Crippen molar-refractivity contribution in [1.29, 1.82) is 0 Å². The van der Waals surface area contributed by atoms with Crippen LogP contribution in [0.2, 0.25) is 0 Å². The molecule has 0 aromatic heterocycles. The number of amides is 1. The van der Waals surface area contributed by atoms with Gasteiger partial charge in [-0.05, 0) is 6.42 Å². The fourth-order valence-electron chi connectivity index (χ4n) is 0.549. The fourth-order valence-corrected chi connectivity index (χ4v) is 0.549. The van der Waals surface area contributed by atoms with Crippen molar-refractivity contribution in [3.05, 3.63) is 0 Å². The highest BCUT2D eigenvalue weighted by molar-refractivity contribution is 14.0. The van der Waals surface area contributed by atoms with Crippen LogP contribution in [0.5, 0.6) is 0 Å². The number of carbonyl (C=O) groups excluding carboxylic acids is 1. The summed E-state index contributed by atoms with van der Waals surface area (Å²) >= 11 is 0. The molecule has 0 spiro atoms. The standard InChI is InChI=1S/C6H13NO.HI/c1-2-3-4-5-6(7)8;/h2-5H2,1H3,(H2,7,8);1H. The summed E-state index contributed by atoms with van der Waals surface area (Å²) in [5.74, 6) is -0.182. The maximum Gasteiger partial charge on any atom is 0.217 e. The second kappa shape index (κ2) is 8.20. The Bertz CT molecular complexity index is 75.5. The van der Waals surface area contributed by atoms with Gasteiger partial charge in [0.1, 0.15) is 0 Å². The number of hydrogen-bond donors (Lipinski definition) is 1. The lowest BCUT2D eigenvalue weighted by Crippen LogP contribution is -2.09. The number of halogens is 1. The molecule has 0 aromatic carbocycles. The van der Waals surface area contributed by atoms with Crippen molar-refractivity contribution in [3.63, 3.8) is 0 Å². The van der Waals surface area contributed by atoms with Crippen molar-refractivity contribution >= 4 is 29.9 Å². The maximum absolute atomic E-state index is 10.1. The van der Waals surface area contributed by atoms with E-state index in [0.29, 0.717) is 6.42 Å². The first kappa shape index (κ1) is 11.9. The van der Waals surface area contributed by atoms with Crippen molar-refractivity contribution in [2.45, 2.75) is 32.6 Å². The van der Waals surface area contributed by atoms with Crippen LogP contribution in [0, 0.1) is 0 Å². The van der Waals surface area contributed by atoms with Crippen molar-refractivity contribution in [1.82, 2.24) is 0 Å². The predicted octanol–water partition coefficient (Wildman–Crippen LogP) is 1.67. The molecule has 0 atom stereocenters. The van der Waals surface area contributed by atoms with E-state index in [1.165, 1.54) is 0 Å². The first-order valence-corrected chi connectivity index (χ1v) is 3.05. The largest absolute Gasteiger partial charge is 0.370 e. The number of nitrogens with two attached hydrogens (primary N) is 1. The molecule has 0 radical (unpaired) electrons. The van der Waals surface area contributed by atoms with Gasteiger partial charge in [-0.3, -0.25) is 4.79 Å². The molecule has 0 saturated carbocycles. The van der Waals surface area contributed by atoms with Crippen LogP contribution in [0.1, 0.15) is 32.6 Å². The third kappa shape index (κ3) is 11.7. The van der Waals surface area contributed by atoms with Crippen LogP contribution in [0.3, 0.4) is 0 Å². The summed E-state index contributed by atoms with van der Waals surface area (Å²) in [4.78, 5) is 10.1. The quantitative estimate of drug-likeness (QED) is 0.592. The molecule has 0 heterocycles. The van der Waals surface area contributed by atoms with Crippen LogP contribution in [-0.4, -0.2) is 5.91 Å². The molecule has 0 unspecified atom stereocenters. The fraction of sp³-hybridized carbons (Fsp3) is 0.833. The normalized spacial score (nSPS) is 8.11. The molecular weight excluding hydrogens is 229 g/mol. The summed E-state index contributed by atoms with van der Waals surface area (Å²) in [7, 11) is 0. The Morgan fingerprint density at radius 1 is 1.44 bits per heavy atom. The van der Waals surface area contributed by atoms with Gasteiger partial charge in [0.05, 0.1) is 0 Å². The van der Waals surface area contributed by atoms with Gasteiger partial charge >= 0.3 is 0 Å². The van der Waals surface area contributed by atoms with E-state index in [2.05, 4.69) is 6.92 Å². The van der Waals surface area contributed by atoms with Crippen LogP contribution in [-0.2, 0) is 4.79 Å². The first-order chi connectivity index (χ1) is 3.77. The van der Waals surface area contributed by atoms with E-state index in [9.17, 15) is 4.79 Å². The molecule has 0 bridgehead atoms. The predicted molar refractivity (Wildman–Crippen MR) is 48.8 cm³/mol. The Morgan fingerprint density at radius 2 is 2.00 bits per heavy atom. The highest BCUT2D eigenvalue weighted by Gasteiger charge is 1.90. The molecule has 1 amide bonds. The van der Waals surface area contributed by atoms with Crippen LogP contribution >= 0.6 is 24.0 Å². The monoisotopic (exact) mass is 243 g/mol. The van der Waals surface area contributed by atoms with Crippen molar-refractivity contribution in [3.8, 4) is 0 Å². The molecule has 0 saturated heterocycles. The second-order valence-corrected chi connectivity index (χ2v) is 1.92. The lowest BCUT2D eigenvalue weighted by molar-refractivity contribution is -0.118. The summed E-state index contributed by atoms with van der Waals surface area (Å²) in [6.07, 6.45) is 3.76. The molecule has 9 heavy (non-hydrogen) atoms. The Hall–Kier alpha value is 0.200. The van der Waals surface area contributed by atoms with E-state index in [4.69, 9.17) is 5.73 Å². The molecule has 2 N–H and O–H groups in total. The molecule has 0 aromatic rings. The molecule has 0 aliphatic rings. The summed E-state index contributed by atoms with van der Waals surface area (Å²) < 4.78 is 0. The smallest absolute Gasteiger partial charge is 0.217 e. The number of hydrogen-bond acceptors (Lipinski definition) is 1. The van der Waals surface area contributed by atoms with Crippen molar-refractivity contribution < 1.29 is 4.79 Å². The summed E-state index contributed by atoms with van der Waals surface area (Å²) in [6, 6.07) is 0. The summed E-state index contributed by atoms with van der Waals surface area (Å²) in [6.45, 7) is 2.10. The zero-order chi connectivity index (χ0) is 6.41. The molecule has 0 aliphatic carbocycles. The third-order valence-corrected chi connectivity index (χ3v) is 1.03. The van der Waals surface area contributed by atoms with Crippen molar-refractivity contribution in [2.75, 3.05) is 0 Å². The molecule has 2 nitrogen and oxygen atoms in total. The minimum absolute atomic E-state index is 0. The first-order valence-electron chi connectivity index (χ1n) is 3.05. The molecular formula is C6H14INO. The lowest BCUT2D eigenvalue weighted by atomic mass is 10.2. The van der Waals surface area contributed by atoms with Gasteiger partial charge < -0.3 is 5.73 Å². The number of unbranched alkanes of at least 4 members (excludes halogenated alkanes) is 2. The SMILES string of the molecule is CCCCCC(N)=O.I. The van der Waals surface area contributed by atoms with E-state index >= 15 is 0 Å². The van der Waals surface area contributed by atoms with E-state index in [1.54, 1.807) is 0 Å². The van der Waals surface area contributed by atoms with Gasteiger partial charge in [0.2, 0.25) is 5.91 Å². The van der Waals surface area contributed by atoms with E-state index in [-0.39, 0.29) is 29.9 Å². The van der Waals surface area contributed by atoms with Gasteiger partial charge in [0.25, 0.3) is 0 Å². The zero-order valence-electron chi connectivity index (χ0n) is 5.72. The van der Waals surface area contributed by atoms with Crippen LogP contribution < -0.4 is 5.73 Å². The third-order valence-electron chi connectivity index (χ3n) is 1.03. The Morgan fingerprint density at radius 3 is 2.33 bits per heavy atom. The number of rotatable bonds is 4. The van der Waals surface area contributed by atoms with Gasteiger partial charge in [-0.25, -0.2) is 0 Å². The van der Waals surface area contributed by atoms with Crippen LogP contribution in [0.4, 0.5) is 0 Å². The molecule has 3 heteroatoms. The van der Waals surface area contributed by atoms with Crippen LogP contribution in [0.25, 0.3) is 0 Å². The summed E-state index contributed by atoms with van der Waals surface area (Å²) in [5.41, 5.74) is 4.89. The Labute approximate surface area is 73.2 Å². The topological polar surface area (TPSA) is 43.1 Å². The molecule has 0 aliphatic heterocycles. The van der Waals surface area contributed by atoms with E-state index < -0.39 is 0 Å². The summed E-state index contributed by atoms with van der Waals surface area (Å²) in [5, 5.41) is 0. The van der Waals surface area contributed by atoms with E-state index in [0.717, 1.165) is 19.3 Å². The Kier molecular flexibility index (Phi) is 10.9. The van der Waals surface area contributed by atoms with Gasteiger partial charge in [-0.2, -0.15) is 0 Å². The van der Waals surface area contributed by atoms with E-state index in [1.807, 2.05) is 0 Å². The van der Waals surface area contributed by atoms with Crippen molar-refractivity contribution in [2.24, 2.45) is 5.73 Å². The minimum atomic E-state index is -0.182. The second-order valence-electron chi connectivity index (χ2n) is 1.92. The highest BCUT2D eigenvalue weighted by Crippen LogP contribution is 1.96. The average molecular weight is 243 g/mol. The van der Waals surface area contributed by atoms with Gasteiger partial charge in [0, 0.05) is 6.42 Å². The maximum atomic E-state index is 10.1. The average Bonchev–Trinajstić information content (AvgIpc) is 1.66. The molecule has 0 fully saturated rings. The van der Waals surface area contributed by atoms with Gasteiger partial charge in [-0.1, -0.05) is 19.8 Å². The lowest BCUT2D eigenvalue weighted by Gasteiger charge is -1.90. The van der Waals surface area contributed by atoms with Crippen LogP contribution in [0.15, 0.2) is 0 Å². The molecule has 0 rings (SSSR count). The number of carbonyl (C=O) groups is 1. The number of primary amides is 1.